The normalized spacial score (nSPS) is 15.6. The highest BCUT2D eigenvalue weighted by molar-refractivity contribution is 4.93. The van der Waals surface area contributed by atoms with Gasteiger partial charge in [0.15, 0.2) is 0 Å². The van der Waals surface area contributed by atoms with Crippen LogP contribution in [0.4, 0.5) is 4.39 Å². The van der Waals surface area contributed by atoms with E-state index in [1.165, 1.54) is 0 Å². The van der Waals surface area contributed by atoms with Crippen LogP contribution in [-0.4, -0.2) is 6.17 Å². The molecule has 0 aliphatic heterocycles. The largest absolute Gasteiger partial charge is 0.247 e. The van der Waals surface area contributed by atoms with Crippen LogP contribution in [0.15, 0.2) is 12.2 Å². The van der Waals surface area contributed by atoms with Gasteiger partial charge in [0.1, 0.15) is 6.17 Å². The van der Waals surface area contributed by atoms with Crippen LogP contribution >= 0.6 is 0 Å². The van der Waals surface area contributed by atoms with Crippen LogP contribution in [0, 0.1) is 11.3 Å². The van der Waals surface area contributed by atoms with Crippen molar-refractivity contribution in [3.05, 3.63) is 12.2 Å². The third kappa shape index (κ3) is 9.59. The second kappa shape index (κ2) is 5.41. The predicted octanol–water partition coefficient (Wildman–Crippen LogP) is 4.36. The van der Waals surface area contributed by atoms with E-state index in [4.69, 9.17) is 0 Å². The summed E-state index contributed by atoms with van der Waals surface area (Å²) < 4.78 is 13.2. The SMILES string of the molecule is CC(C)CC(F)C/C=C/C(C)(C)C. The summed E-state index contributed by atoms with van der Waals surface area (Å²) in [5.41, 5.74) is 0.178. The standard InChI is InChI=1S/C12H23F/c1-10(2)9-11(13)7-6-8-12(3,4)5/h6,8,10-11H,7,9H2,1-5H3/b8-6+. The fourth-order valence-corrected chi connectivity index (χ4v) is 1.18. The number of allylic oxidation sites excluding steroid dienone is 2. The van der Waals surface area contributed by atoms with E-state index < -0.39 is 6.17 Å². The molecule has 0 nitrogen and oxygen atoms in total. The van der Waals surface area contributed by atoms with Gasteiger partial charge in [0, 0.05) is 0 Å². The van der Waals surface area contributed by atoms with Crippen molar-refractivity contribution in [2.75, 3.05) is 0 Å². The lowest BCUT2D eigenvalue weighted by Gasteiger charge is -2.12. The summed E-state index contributed by atoms with van der Waals surface area (Å²) in [6.07, 6.45) is 4.62. The minimum absolute atomic E-state index is 0.178. The second-order valence-corrected chi connectivity index (χ2v) is 5.23. The zero-order chi connectivity index (χ0) is 10.5. The van der Waals surface area contributed by atoms with Crippen molar-refractivity contribution in [1.82, 2.24) is 0 Å². The van der Waals surface area contributed by atoms with Gasteiger partial charge in [-0.2, -0.15) is 0 Å². The molecular formula is C12H23F. The molecule has 0 amide bonds. The van der Waals surface area contributed by atoms with E-state index in [0.29, 0.717) is 18.8 Å². The van der Waals surface area contributed by atoms with Gasteiger partial charge in [0.25, 0.3) is 0 Å². The first-order valence-corrected chi connectivity index (χ1v) is 5.13. The Morgan fingerprint density at radius 1 is 1.23 bits per heavy atom. The molecule has 0 aromatic heterocycles. The molecule has 0 fully saturated rings. The van der Waals surface area contributed by atoms with Gasteiger partial charge in [-0.15, -0.1) is 0 Å². The van der Waals surface area contributed by atoms with Gasteiger partial charge in [-0.05, 0) is 24.2 Å². The Labute approximate surface area is 82.2 Å². The molecule has 0 saturated heterocycles. The molecule has 1 heteroatoms. The summed E-state index contributed by atoms with van der Waals surface area (Å²) in [5, 5.41) is 0. The van der Waals surface area contributed by atoms with Gasteiger partial charge in [-0.3, -0.25) is 0 Å². The first-order chi connectivity index (χ1) is 5.81. The van der Waals surface area contributed by atoms with E-state index in [9.17, 15) is 4.39 Å². The summed E-state index contributed by atoms with van der Waals surface area (Å²) in [4.78, 5) is 0. The molecule has 0 aliphatic carbocycles. The Hall–Kier alpha value is -0.330. The molecule has 0 aromatic carbocycles. The van der Waals surface area contributed by atoms with Crippen molar-refractivity contribution in [1.29, 1.82) is 0 Å². The molecule has 0 radical (unpaired) electrons. The molecule has 0 saturated carbocycles. The average molecular weight is 186 g/mol. The Kier molecular flexibility index (Phi) is 5.27. The fraction of sp³-hybridized carbons (Fsp3) is 0.833. The highest BCUT2D eigenvalue weighted by Crippen LogP contribution is 2.17. The van der Waals surface area contributed by atoms with Crippen molar-refractivity contribution >= 4 is 0 Å². The summed E-state index contributed by atoms with van der Waals surface area (Å²) in [7, 11) is 0. The average Bonchev–Trinajstić information content (AvgIpc) is 1.81. The maximum Gasteiger partial charge on any atom is 0.104 e. The summed E-state index contributed by atoms with van der Waals surface area (Å²) in [6, 6.07) is 0. The zero-order valence-corrected chi connectivity index (χ0v) is 9.60. The number of rotatable bonds is 4. The van der Waals surface area contributed by atoms with Crippen LogP contribution in [0.25, 0.3) is 0 Å². The molecule has 78 valence electrons. The molecule has 0 N–H and O–H groups in total. The Morgan fingerprint density at radius 3 is 2.15 bits per heavy atom. The van der Waals surface area contributed by atoms with Gasteiger partial charge < -0.3 is 0 Å². The van der Waals surface area contributed by atoms with Crippen molar-refractivity contribution in [2.45, 2.75) is 53.6 Å². The molecule has 0 heterocycles. The number of hydrogen-bond acceptors (Lipinski definition) is 0. The van der Waals surface area contributed by atoms with Crippen LogP contribution in [0.3, 0.4) is 0 Å². The molecule has 0 bridgehead atoms. The monoisotopic (exact) mass is 186 g/mol. The third-order valence-corrected chi connectivity index (χ3v) is 1.74. The third-order valence-electron chi connectivity index (χ3n) is 1.74. The van der Waals surface area contributed by atoms with E-state index in [2.05, 4.69) is 40.7 Å². The van der Waals surface area contributed by atoms with Crippen LogP contribution < -0.4 is 0 Å². The Balaban J connectivity index is 3.70. The predicted molar refractivity (Wildman–Crippen MR) is 57.6 cm³/mol. The van der Waals surface area contributed by atoms with Gasteiger partial charge in [-0.1, -0.05) is 46.8 Å². The smallest absolute Gasteiger partial charge is 0.104 e. The molecule has 0 aliphatic rings. The Morgan fingerprint density at radius 2 is 1.77 bits per heavy atom. The minimum Gasteiger partial charge on any atom is -0.247 e. The van der Waals surface area contributed by atoms with Crippen molar-refractivity contribution in [2.24, 2.45) is 11.3 Å². The highest BCUT2D eigenvalue weighted by atomic mass is 19.1. The maximum absolute atomic E-state index is 13.2. The van der Waals surface area contributed by atoms with Crippen LogP contribution in [0.5, 0.6) is 0 Å². The zero-order valence-electron chi connectivity index (χ0n) is 9.60. The van der Waals surface area contributed by atoms with Gasteiger partial charge in [0.05, 0.1) is 0 Å². The van der Waals surface area contributed by atoms with Crippen LogP contribution in [0.2, 0.25) is 0 Å². The van der Waals surface area contributed by atoms with E-state index in [0.717, 1.165) is 0 Å². The summed E-state index contributed by atoms with van der Waals surface area (Å²) in [5.74, 6) is 0.457. The summed E-state index contributed by atoms with van der Waals surface area (Å²) in [6.45, 7) is 10.5. The van der Waals surface area contributed by atoms with E-state index in [-0.39, 0.29) is 5.41 Å². The van der Waals surface area contributed by atoms with Crippen LogP contribution in [-0.2, 0) is 0 Å². The lowest BCUT2D eigenvalue weighted by atomic mass is 9.95. The second-order valence-electron chi connectivity index (χ2n) is 5.23. The van der Waals surface area contributed by atoms with Crippen LogP contribution in [0.1, 0.15) is 47.5 Å². The Bertz CT molecular complexity index is 151. The number of hydrogen-bond donors (Lipinski definition) is 0. The van der Waals surface area contributed by atoms with Gasteiger partial charge >= 0.3 is 0 Å². The van der Waals surface area contributed by atoms with E-state index >= 15 is 0 Å². The topological polar surface area (TPSA) is 0 Å². The van der Waals surface area contributed by atoms with Crippen molar-refractivity contribution in [3.8, 4) is 0 Å². The van der Waals surface area contributed by atoms with Crippen molar-refractivity contribution in [3.63, 3.8) is 0 Å². The van der Waals surface area contributed by atoms with E-state index in [1.54, 1.807) is 0 Å². The first kappa shape index (κ1) is 12.7. The fourth-order valence-electron chi connectivity index (χ4n) is 1.18. The molecular weight excluding hydrogens is 163 g/mol. The lowest BCUT2D eigenvalue weighted by molar-refractivity contribution is 0.284. The van der Waals surface area contributed by atoms with E-state index in [1.807, 2.05) is 6.08 Å². The molecule has 13 heavy (non-hydrogen) atoms. The summed E-state index contributed by atoms with van der Waals surface area (Å²) >= 11 is 0. The van der Waals surface area contributed by atoms with Gasteiger partial charge in [-0.25, -0.2) is 4.39 Å². The molecule has 0 rings (SSSR count). The lowest BCUT2D eigenvalue weighted by Crippen LogP contribution is -2.04. The molecule has 0 spiro atoms. The molecule has 1 unspecified atom stereocenters. The van der Waals surface area contributed by atoms with Crippen molar-refractivity contribution < 1.29 is 4.39 Å². The molecule has 1 atom stereocenters. The molecule has 0 aromatic rings. The highest BCUT2D eigenvalue weighted by Gasteiger charge is 2.08. The quantitative estimate of drug-likeness (QED) is 0.572. The minimum atomic E-state index is -0.668. The first-order valence-electron chi connectivity index (χ1n) is 5.13. The number of alkyl halides is 1. The maximum atomic E-state index is 13.2. The number of halogens is 1. The van der Waals surface area contributed by atoms with Gasteiger partial charge in [0.2, 0.25) is 0 Å².